The largest absolute Gasteiger partial charge is 0.491 e. The van der Waals surface area contributed by atoms with Gasteiger partial charge in [0, 0.05) is 5.75 Å². The van der Waals surface area contributed by atoms with Gasteiger partial charge in [-0.15, -0.1) is 0 Å². The Balaban J connectivity index is 2.61. The molecule has 0 aliphatic heterocycles. The molecule has 0 atom stereocenters. The van der Waals surface area contributed by atoms with Crippen molar-refractivity contribution in [3.8, 4) is 5.75 Å². The van der Waals surface area contributed by atoms with Gasteiger partial charge in [0.25, 0.3) is 0 Å². The van der Waals surface area contributed by atoms with Crippen LogP contribution in [-0.2, 0) is 0 Å². The minimum absolute atomic E-state index is 0.290. The van der Waals surface area contributed by atoms with Gasteiger partial charge in [-0.2, -0.15) is 11.8 Å². The number of halogens is 2. The van der Waals surface area contributed by atoms with Gasteiger partial charge in [-0.1, -0.05) is 6.07 Å². The summed E-state index contributed by atoms with van der Waals surface area (Å²) in [5.74, 6) is 1.18. The van der Waals surface area contributed by atoms with E-state index in [0.717, 1.165) is 5.75 Å². The van der Waals surface area contributed by atoms with Crippen molar-refractivity contribution >= 4 is 27.7 Å². The molecule has 0 saturated carbocycles. The van der Waals surface area contributed by atoms with Gasteiger partial charge in [0.15, 0.2) is 0 Å². The Hall–Kier alpha value is -0.220. The van der Waals surface area contributed by atoms with Gasteiger partial charge in [0.1, 0.15) is 11.6 Å². The third-order valence-electron chi connectivity index (χ3n) is 1.46. The van der Waals surface area contributed by atoms with E-state index in [1.165, 1.54) is 6.07 Å². The first-order valence-electron chi connectivity index (χ1n) is 3.81. The molecule has 0 saturated heterocycles. The molecule has 0 amide bonds. The van der Waals surface area contributed by atoms with Crippen molar-refractivity contribution in [2.24, 2.45) is 0 Å². The van der Waals surface area contributed by atoms with Crippen LogP contribution in [0.5, 0.6) is 5.75 Å². The number of hydrogen-bond acceptors (Lipinski definition) is 2. The lowest BCUT2D eigenvalue weighted by molar-refractivity contribution is 0.339. The highest BCUT2D eigenvalue weighted by molar-refractivity contribution is 9.10. The van der Waals surface area contributed by atoms with Crippen LogP contribution < -0.4 is 4.74 Å². The number of ether oxygens (including phenoxy) is 1. The van der Waals surface area contributed by atoms with Gasteiger partial charge in [-0.05, 0) is 34.3 Å². The Morgan fingerprint density at radius 3 is 3.00 bits per heavy atom. The van der Waals surface area contributed by atoms with Gasteiger partial charge in [0.2, 0.25) is 0 Å². The predicted molar refractivity (Wildman–Crippen MR) is 58.0 cm³/mol. The van der Waals surface area contributed by atoms with Gasteiger partial charge in [-0.25, -0.2) is 4.39 Å². The standard InChI is InChI=1S/C9H10BrFOS/c1-13-6-5-12-8-4-2-3-7(11)9(8)10/h2-4H,5-6H2,1H3. The van der Waals surface area contributed by atoms with E-state index in [4.69, 9.17) is 4.74 Å². The molecule has 13 heavy (non-hydrogen) atoms. The maximum absolute atomic E-state index is 13.0. The highest BCUT2D eigenvalue weighted by Gasteiger charge is 2.04. The van der Waals surface area contributed by atoms with Crippen LogP contribution in [0.2, 0.25) is 0 Å². The zero-order valence-corrected chi connectivity index (χ0v) is 9.62. The summed E-state index contributed by atoms with van der Waals surface area (Å²) in [5, 5.41) is 0. The second-order valence-electron chi connectivity index (χ2n) is 2.39. The number of rotatable bonds is 4. The third-order valence-corrected chi connectivity index (χ3v) is 2.81. The lowest BCUT2D eigenvalue weighted by atomic mass is 10.3. The molecular weight excluding hydrogens is 255 g/mol. The van der Waals surface area contributed by atoms with Gasteiger partial charge >= 0.3 is 0 Å². The molecule has 0 N–H and O–H groups in total. The van der Waals surface area contributed by atoms with Crippen LogP contribution in [-0.4, -0.2) is 18.6 Å². The SMILES string of the molecule is CSCCOc1cccc(F)c1Br. The Labute approximate surface area is 89.8 Å². The summed E-state index contributed by atoms with van der Waals surface area (Å²) in [7, 11) is 0. The molecule has 0 radical (unpaired) electrons. The second kappa shape index (κ2) is 5.50. The number of benzene rings is 1. The molecule has 0 aliphatic rings. The Morgan fingerprint density at radius 2 is 2.31 bits per heavy atom. The van der Waals surface area contributed by atoms with Crippen molar-refractivity contribution in [1.29, 1.82) is 0 Å². The van der Waals surface area contributed by atoms with E-state index in [0.29, 0.717) is 16.8 Å². The van der Waals surface area contributed by atoms with Crippen LogP contribution in [0.1, 0.15) is 0 Å². The van der Waals surface area contributed by atoms with Crippen LogP contribution in [0.3, 0.4) is 0 Å². The van der Waals surface area contributed by atoms with E-state index in [9.17, 15) is 4.39 Å². The van der Waals surface area contributed by atoms with E-state index in [2.05, 4.69) is 15.9 Å². The fourth-order valence-electron chi connectivity index (χ4n) is 0.830. The Kier molecular flexibility index (Phi) is 4.59. The molecule has 72 valence electrons. The lowest BCUT2D eigenvalue weighted by Crippen LogP contribution is -2.00. The monoisotopic (exact) mass is 264 g/mol. The molecule has 1 rings (SSSR count). The summed E-state index contributed by atoms with van der Waals surface area (Å²) >= 11 is 4.82. The van der Waals surface area contributed by atoms with Gasteiger partial charge < -0.3 is 4.74 Å². The molecule has 0 aliphatic carbocycles. The van der Waals surface area contributed by atoms with Crippen LogP contribution in [0.4, 0.5) is 4.39 Å². The zero-order valence-electron chi connectivity index (χ0n) is 7.22. The van der Waals surface area contributed by atoms with E-state index in [1.54, 1.807) is 23.9 Å². The average Bonchev–Trinajstić information content (AvgIpc) is 2.13. The van der Waals surface area contributed by atoms with E-state index >= 15 is 0 Å². The summed E-state index contributed by atoms with van der Waals surface area (Å²) in [6, 6.07) is 4.77. The third kappa shape index (κ3) is 3.19. The lowest BCUT2D eigenvalue weighted by Gasteiger charge is -2.07. The Bertz CT molecular complexity index is 280. The smallest absolute Gasteiger partial charge is 0.141 e. The summed E-state index contributed by atoms with van der Waals surface area (Å²) in [6.45, 7) is 0.600. The maximum Gasteiger partial charge on any atom is 0.141 e. The van der Waals surface area contributed by atoms with Crippen molar-refractivity contribution < 1.29 is 9.13 Å². The number of hydrogen-bond donors (Lipinski definition) is 0. The fourth-order valence-corrected chi connectivity index (χ4v) is 1.46. The molecular formula is C9H10BrFOS. The van der Waals surface area contributed by atoms with Crippen molar-refractivity contribution in [1.82, 2.24) is 0 Å². The van der Waals surface area contributed by atoms with E-state index in [-0.39, 0.29) is 5.82 Å². The average molecular weight is 265 g/mol. The summed E-state index contributed by atoms with van der Waals surface area (Å²) in [6.07, 6.45) is 2.00. The predicted octanol–water partition coefficient (Wildman–Crippen LogP) is 3.33. The van der Waals surface area contributed by atoms with Crippen molar-refractivity contribution in [2.75, 3.05) is 18.6 Å². The van der Waals surface area contributed by atoms with Crippen LogP contribution in [0.25, 0.3) is 0 Å². The molecule has 0 aromatic heterocycles. The normalized spacial score (nSPS) is 10.1. The van der Waals surface area contributed by atoms with Crippen LogP contribution in [0.15, 0.2) is 22.7 Å². The molecule has 0 fully saturated rings. The first kappa shape index (κ1) is 10.9. The topological polar surface area (TPSA) is 9.23 Å². The molecule has 4 heteroatoms. The molecule has 1 aromatic carbocycles. The molecule has 0 unspecified atom stereocenters. The molecule has 0 heterocycles. The molecule has 1 aromatic rings. The summed E-state index contributed by atoms with van der Waals surface area (Å²) < 4.78 is 18.7. The molecule has 0 bridgehead atoms. The fraction of sp³-hybridized carbons (Fsp3) is 0.333. The molecule has 0 spiro atoms. The summed E-state index contributed by atoms with van der Waals surface area (Å²) in [4.78, 5) is 0. The minimum atomic E-state index is -0.290. The van der Waals surface area contributed by atoms with Crippen molar-refractivity contribution in [3.63, 3.8) is 0 Å². The van der Waals surface area contributed by atoms with E-state index in [1.807, 2.05) is 6.26 Å². The van der Waals surface area contributed by atoms with Crippen molar-refractivity contribution in [3.05, 3.63) is 28.5 Å². The second-order valence-corrected chi connectivity index (χ2v) is 4.17. The molecule has 1 nitrogen and oxygen atoms in total. The van der Waals surface area contributed by atoms with Crippen LogP contribution in [0, 0.1) is 5.82 Å². The number of thioether (sulfide) groups is 1. The highest BCUT2D eigenvalue weighted by Crippen LogP contribution is 2.27. The Morgan fingerprint density at radius 1 is 1.54 bits per heavy atom. The van der Waals surface area contributed by atoms with E-state index < -0.39 is 0 Å². The van der Waals surface area contributed by atoms with Gasteiger partial charge in [0.05, 0.1) is 11.1 Å². The zero-order chi connectivity index (χ0) is 9.68. The van der Waals surface area contributed by atoms with Gasteiger partial charge in [-0.3, -0.25) is 0 Å². The summed E-state index contributed by atoms with van der Waals surface area (Å²) in [5.41, 5.74) is 0. The maximum atomic E-state index is 13.0. The minimum Gasteiger partial charge on any atom is -0.491 e. The van der Waals surface area contributed by atoms with Crippen molar-refractivity contribution in [2.45, 2.75) is 0 Å². The first-order chi connectivity index (χ1) is 6.25. The van der Waals surface area contributed by atoms with Crippen LogP contribution >= 0.6 is 27.7 Å². The quantitative estimate of drug-likeness (QED) is 0.772. The highest BCUT2D eigenvalue weighted by atomic mass is 79.9. The first-order valence-corrected chi connectivity index (χ1v) is 6.00.